The summed E-state index contributed by atoms with van der Waals surface area (Å²) in [4.78, 5) is 0. The number of rotatable bonds is 3. The van der Waals surface area contributed by atoms with Crippen LogP contribution >= 0.6 is 23.0 Å². The van der Waals surface area contributed by atoms with Gasteiger partial charge in [0.1, 0.15) is 49.2 Å². The lowest BCUT2D eigenvalue weighted by Gasteiger charge is -2.14. The predicted octanol–water partition coefficient (Wildman–Crippen LogP) is -0.378. The van der Waals surface area contributed by atoms with Gasteiger partial charge in [-0.15, -0.1) is 0 Å². The first-order valence-corrected chi connectivity index (χ1v) is 4.44. The molecule has 68 valence electrons. The summed E-state index contributed by atoms with van der Waals surface area (Å²) in [6, 6.07) is -0.572. The van der Waals surface area contributed by atoms with Crippen LogP contribution in [0.2, 0.25) is 0 Å². The smallest absolute Gasteiger partial charge is 0.116 e. The van der Waals surface area contributed by atoms with E-state index in [-0.39, 0.29) is 6.10 Å². The Balaban J connectivity index is 2.49. The molecule has 1 aliphatic heterocycles. The molecule has 0 bridgehead atoms. The fourth-order valence-electron chi connectivity index (χ4n) is 1.17. The van der Waals surface area contributed by atoms with Crippen LogP contribution in [0.4, 0.5) is 0 Å². The van der Waals surface area contributed by atoms with Gasteiger partial charge in [-0.1, -0.05) is 0 Å². The summed E-state index contributed by atoms with van der Waals surface area (Å²) in [5.74, 6) is 0. The minimum Gasteiger partial charge on any atom is -0.387 e. The number of methoxy groups -OCH3 is 1. The topological polar surface area (TPSA) is 47.9 Å². The van der Waals surface area contributed by atoms with E-state index >= 15 is 0 Å². The molecule has 0 saturated carbocycles. The highest BCUT2D eigenvalue weighted by molar-refractivity contribution is 14.1. The molecular weight excluding hydrogens is 274 g/mol. The SMILES string of the molecule is [B][C@@H]1O[C@H](COC)C(O)C1OI. The molecule has 1 rings (SSSR count). The van der Waals surface area contributed by atoms with E-state index in [2.05, 4.69) is 0 Å². The van der Waals surface area contributed by atoms with Crippen molar-refractivity contribution in [2.24, 2.45) is 0 Å². The third-order valence-electron chi connectivity index (χ3n) is 1.81. The molecule has 1 aliphatic rings. The highest BCUT2D eigenvalue weighted by atomic mass is 127. The van der Waals surface area contributed by atoms with Crippen LogP contribution in [-0.4, -0.2) is 51.0 Å². The van der Waals surface area contributed by atoms with Crippen LogP contribution in [0.25, 0.3) is 0 Å². The molecule has 0 aromatic carbocycles. The molecule has 6 heteroatoms. The fourth-order valence-corrected chi connectivity index (χ4v) is 1.76. The van der Waals surface area contributed by atoms with Crippen LogP contribution in [0.3, 0.4) is 0 Å². The third kappa shape index (κ3) is 2.11. The number of hydrogen-bond donors (Lipinski definition) is 1. The lowest BCUT2D eigenvalue weighted by molar-refractivity contribution is -0.0191. The largest absolute Gasteiger partial charge is 0.387 e. The Morgan fingerprint density at radius 2 is 2.33 bits per heavy atom. The second kappa shape index (κ2) is 4.76. The molecule has 1 fully saturated rings. The Morgan fingerprint density at radius 1 is 1.67 bits per heavy atom. The van der Waals surface area contributed by atoms with E-state index in [4.69, 9.17) is 20.4 Å². The summed E-state index contributed by atoms with van der Waals surface area (Å²) < 4.78 is 15.0. The van der Waals surface area contributed by atoms with Crippen molar-refractivity contribution in [3.05, 3.63) is 0 Å². The molecule has 0 aromatic rings. The summed E-state index contributed by atoms with van der Waals surface area (Å²) in [5.41, 5.74) is 0. The van der Waals surface area contributed by atoms with Crippen LogP contribution in [-0.2, 0) is 12.5 Å². The van der Waals surface area contributed by atoms with Crippen LogP contribution in [0.5, 0.6) is 0 Å². The monoisotopic (exact) mass is 284 g/mol. The standard InChI is InChI=1S/C6H10BIO4/c1-10-2-3-4(9)5(12-8)6(7)11-3/h3-6,9H,2H2,1H3/t3-,4?,5?,6-/m1/s1. The Bertz CT molecular complexity index is 148. The van der Waals surface area contributed by atoms with E-state index in [0.717, 1.165) is 0 Å². The van der Waals surface area contributed by atoms with Crippen molar-refractivity contribution in [2.45, 2.75) is 24.3 Å². The molecular formula is C6H10BIO4. The summed E-state index contributed by atoms with van der Waals surface area (Å²) in [5, 5.41) is 9.54. The van der Waals surface area contributed by atoms with Crippen molar-refractivity contribution in [3.63, 3.8) is 0 Å². The van der Waals surface area contributed by atoms with E-state index in [1.54, 1.807) is 30.1 Å². The average molecular weight is 284 g/mol. The van der Waals surface area contributed by atoms with Gasteiger partial charge in [-0.3, -0.25) is 0 Å². The van der Waals surface area contributed by atoms with Crippen molar-refractivity contribution in [3.8, 4) is 0 Å². The van der Waals surface area contributed by atoms with Crippen molar-refractivity contribution in [2.75, 3.05) is 13.7 Å². The Hall–Kier alpha value is 0.635. The first-order chi connectivity index (χ1) is 5.70. The van der Waals surface area contributed by atoms with Crippen LogP contribution in [0, 0.1) is 0 Å². The highest BCUT2D eigenvalue weighted by Crippen LogP contribution is 2.23. The minimum atomic E-state index is -0.711. The third-order valence-corrected chi connectivity index (χ3v) is 2.39. The summed E-state index contributed by atoms with van der Waals surface area (Å²) >= 11 is 1.70. The molecule has 1 saturated heterocycles. The number of ether oxygens (including phenoxy) is 2. The van der Waals surface area contributed by atoms with Gasteiger partial charge in [0, 0.05) is 13.1 Å². The molecule has 0 aromatic heterocycles. The van der Waals surface area contributed by atoms with Gasteiger partial charge in [-0.2, -0.15) is 0 Å². The average Bonchev–Trinajstić information content (AvgIpc) is 2.29. The van der Waals surface area contributed by atoms with Gasteiger partial charge in [0.2, 0.25) is 0 Å². The van der Waals surface area contributed by atoms with Gasteiger partial charge < -0.3 is 17.6 Å². The molecule has 0 aliphatic carbocycles. The number of halogens is 1. The summed E-state index contributed by atoms with van der Waals surface area (Å²) in [6.45, 7) is 0.325. The Labute approximate surface area is 86.7 Å². The fraction of sp³-hybridized carbons (Fsp3) is 1.00. The van der Waals surface area contributed by atoms with E-state index in [9.17, 15) is 5.11 Å². The molecule has 4 atom stereocenters. The van der Waals surface area contributed by atoms with E-state index < -0.39 is 18.2 Å². The first-order valence-electron chi connectivity index (χ1n) is 3.56. The van der Waals surface area contributed by atoms with Gasteiger partial charge in [0.15, 0.2) is 0 Å². The van der Waals surface area contributed by atoms with E-state index in [1.165, 1.54) is 0 Å². The number of aliphatic hydroxyl groups is 1. The van der Waals surface area contributed by atoms with Crippen LogP contribution in [0.15, 0.2) is 0 Å². The normalized spacial score (nSPS) is 41.9. The second-order valence-electron chi connectivity index (χ2n) is 2.64. The Morgan fingerprint density at radius 3 is 2.75 bits per heavy atom. The van der Waals surface area contributed by atoms with E-state index in [0.29, 0.717) is 6.61 Å². The maximum atomic E-state index is 9.54. The van der Waals surface area contributed by atoms with Crippen molar-refractivity contribution in [1.82, 2.24) is 0 Å². The highest BCUT2D eigenvalue weighted by Gasteiger charge is 2.41. The lowest BCUT2D eigenvalue weighted by Crippen LogP contribution is -2.34. The zero-order chi connectivity index (χ0) is 9.14. The molecule has 12 heavy (non-hydrogen) atoms. The van der Waals surface area contributed by atoms with Gasteiger partial charge >= 0.3 is 0 Å². The van der Waals surface area contributed by atoms with Crippen LogP contribution < -0.4 is 0 Å². The van der Waals surface area contributed by atoms with Crippen molar-refractivity contribution in [1.29, 1.82) is 0 Å². The van der Waals surface area contributed by atoms with Crippen molar-refractivity contribution >= 4 is 30.9 Å². The zero-order valence-corrected chi connectivity index (χ0v) is 8.80. The zero-order valence-electron chi connectivity index (χ0n) is 6.64. The molecule has 0 spiro atoms. The quantitative estimate of drug-likeness (QED) is 0.567. The number of hydrogen-bond acceptors (Lipinski definition) is 4. The van der Waals surface area contributed by atoms with Gasteiger partial charge in [-0.05, 0) is 0 Å². The number of aliphatic hydroxyl groups excluding tert-OH is 1. The van der Waals surface area contributed by atoms with Gasteiger partial charge in [-0.25, -0.2) is 0 Å². The molecule has 2 radical (unpaired) electrons. The molecule has 1 N–H and O–H groups in total. The maximum absolute atomic E-state index is 9.54. The maximum Gasteiger partial charge on any atom is 0.116 e. The van der Waals surface area contributed by atoms with Gasteiger partial charge in [0.05, 0.1) is 6.61 Å². The molecule has 4 nitrogen and oxygen atoms in total. The van der Waals surface area contributed by atoms with Gasteiger partial charge in [0.25, 0.3) is 0 Å². The predicted molar refractivity (Wildman–Crippen MR) is 51.2 cm³/mol. The summed E-state index contributed by atoms with van der Waals surface area (Å²) in [6.07, 6.45) is -1.56. The molecule has 2 unspecified atom stereocenters. The first kappa shape index (κ1) is 10.7. The van der Waals surface area contributed by atoms with Crippen LogP contribution in [0.1, 0.15) is 0 Å². The molecule has 1 heterocycles. The second-order valence-corrected chi connectivity index (χ2v) is 3.15. The Kier molecular flexibility index (Phi) is 4.25. The molecule has 0 amide bonds. The van der Waals surface area contributed by atoms with E-state index in [1.807, 2.05) is 0 Å². The summed E-state index contributed by atoms with van der Waals surface area (Å²) in [7, 11) is 7.07. The minimum absolute atomic E-state index is 0.325. The van der Waals surface area contributed by atoms with Crippen molar-refractivity contribution < 1.29 is 17.6 Å². The lowest BCUT2D eigenvalue weighted by atomic mass is 9.93.